The monoisotopic (exact) mass is 165 g/mol. The molecular formula is C5H7N7. The molecule has 0 amide bonds. The summed E-state index contributed by atoms with van der Waals surface area (Å²) < 4.78 is 1.58. The lowest BCUT2D eigenvalue weighted by atomic mass is 10.6. The van der Waals surface area contributed by atoms with Gasteiger partial charge in [0.15, 0.2) is 11.6 Å². The van der Waals surface area contributed by atoms with Crippen LogP contribution in [0.25, 0.3) is 11.6 Å². The average Bonchev–Trinajstić information content (AvgIpc) is 2.58. The number of nitrogen functional groups attached to an aromatic ring is 1. The van der Waals surface area contributed by atoms with Crippen LogP contribution < -0.4 is 5.73 Å². The Morgan fingerprint density at radius 2 is 2.42 bits per heavy atom. The highest BCUT2D eigenvalue weighted by atomic mass is 15.4. The van der Waals surface area contributed by atoms with Crippen molar-refractivity contribution >= 4 is 5.95 Å². The quantitative estimate of drug-likeness (QED) is 0.575. The first kappa shape index (κ1) is 6.77. The molecule has 0 aliphatic carbocycles. The highest BCUT2D eigenvalue weighted by Crippen LogP contribution is 2.08. The van der Waals surface area contributed by atoms with Crippen molar-refractivity contribution in [3.8, 4) is 11.6 Å². The van der Waals surface area contributed by atoms with E-state index in [9.17, 15) is 0 Å². The van der Waals surface area contributed by atoms with E-state index in [1.165, 1.54) is 6.33 Å². The zero-order valence-corrected chi connectivity index (χ0v) is 6.39. The highest BCUT2D eigenvalue weighted by molar-refractivity contribution is 5.43. The minimum atomic E-state index is 0.202. The number of hydrogen-bond donors (Lipinski definition) is 2. The topological polar surface area (TPSA) is 98.3 Å². The highest BCUT2D eigenvalue weighted by Gasteiger charge is 2.07. The molecule has 3 N–H and O–H groups in total. The zero-order chi connectivity index (χ0) is 8.55. The third-order valence-electron chi connectivity index (χ3n) is 1.43. The first-order valence-electron chi connectivity index (χ1n) is 3.29. The second-order valence-electron chi connectivity index (χ2n) is 2.25. The standard InChI is InChI=1S/C5H7N7/c1-12-4(7-2-8-12)3-9-5(6)11-10-3/h2H,1H3,(H3,6,9,10,11). The Morgan fingerprint density at radius 3 is 2.92 bits per heavy atom. The van der Waals surface area contributed by atoms with Gasteiger partial charge < -0.3 is 5.73 Å². The third-order valence-corrected chi connectivity index (χ3v) is 1.43. The third kappa shape index (κ3) is 0.911. The van der Waals surface area contributed by atoms with Crippen molar-refractivity contribution in [1.82, 2.24) is 29.9 Å². The second kappa shape index (κ2) is 2.29. The van der Waals surface area contributed by atoms with Gasteiger partial charge in [-0.3, -0.25) is 5.10 Å². The summed E-state index contributed by atoms with van der Waals surface area (Å²) in [4.78, 5) is 7.86. The number of aromatic nitrogens is 6. The van der Waals surface area contributed by atoms with Crippen molar-refractivity contribution < 1.29 is 0 Å². The molecule has 2 aromatic heterocycles. The van der Waals surface area contributed by atoms with Crippen LogP contribution in [-0.4, -0.2) is 29.9 Å². The first-order chi connectivity index (χ1) is 5.77. The minimum Gasteiger partial charge on any atom is -0.366 e. The van der Waals surface area contributed by atoms with Gasteiger partial charge in [0.25, 0.3) is 0 Å². The van der Waals surface area contributed by atoms with Crippen molar-refractivity contribution in [2.24, 2.45) is 7.05 Å². The Balaban J connectivity index is 2.50. The lowest BCUT2D eigenvalue weighted by Crippen LogP contribution is -1.95. The summed E-state index contributed by atoms with van der Waals surface area (Å²) in [6.07, 6.45) is 1.44. The molecule has 0 unspecified atom stereocenters. The smallest absolute Gasteiger partial charge is 0.239 e. The van der Waals surface area contributed by atoms with Crippen molar-refractivity contribution in [2.45, 2.75) is 0 Å². The van der Waals surface area contributed by atoms with Gasteiger partial charge in [0.2, 0.25) is 5.95 Å². The van der Waals surface area contributed by atoms with Crippen LogP contribution in [0.4, 0.5) is 5.95 Å². The van der Waals surface area contributed by atoms with E-state index in [-0.39, 0.29) is 5.95 Å². The number of aryl methyl sites for hydroxylation is 1. The van der Waals surface area contributed by atoms with E-state index in [1.807, 2.05) is 0 Å². The molecule has 2 heterocycles. The van der Waals surface area contributed by atoms with Crippen LogP contribution >= 0.6 is 0 Å². The van der Waals surface area contributed by atoms with E-state index in [1.54, 1.807) is 11.7 Å². The molecule has 12 heavy (non-hydrogen) atoms. The normalized spacial score (nSPS) is 10.4. The molecule has 0 bridgehead atoms. The van der Waals surface area contributed by atoms with E-state index in [0.29, 0.717) is 11.6 Å². The lowest BCUT2D eigenvalue weighted by Gasteiger charge is -1.91. The van der Waals surface area contributed by atoms with Crippen molar-refractivity contribution in [3.05, 3.63) is 6.33 Å². The van der Waals surface area contributed by atoms with Crippen LogP contribution in [0.2, 0.25) is 0 Å². The molecule has 7 nitrogen and oxygen atoms in total. The predicted molar refractivity (Wildman–Crippen MR) is 40.8 cm³/mol. The van der Waals surface area contributed by atoms with Crippen LogP contribution in [-0.2, 0) is 7.05 Å². The van der Waals surface area contributed by atoms with Crippen LogP contribution in [0, 0.1) is 0 Å². The van der Waals surface area contributed by atoms with Crippen molar-refractivity contribution in [1.29, 1.82) is 0 Å². The molecule has 0 aromatic carbocycles. The number of aromatic amines is 1. The maximum Gasteiger partial charge on any atom is 0.239 e. The van der Waals surface area contributed by atoms with Crippen LogP contribution in [0.1, 0.15) is 0 Å². The lowest BCUT2D eigenvalue weighted by molar-refractivity contribution is 0.768. The van der Waals surface area contributed by atoms with Gasteiger partial charge in [0.05, 0.1) is 0 Å². The number of rotatable bonds is 1. The van der Waals surface area contributed by atoms with E-state index in [0.717, 1.165) is 0 Å². The number of anilines is 1. The number of H-pyrrole nitrogens is 1. The molecular weight excluding hydrogens is 158 g/mol. The van der Waals surface area contributed by atoms with Crippen LogP contribution in [0.15, 0.2) is 6.33 Å². The molecule has 0 spiro atoms. The summed E-state index contributed by atoms with van der Waals surface area (Å²) in [6.45, 7) is 0. The van der Waals surface area contributed by atoms with E-state index in [2.05, 4.69) is 25.3 Å². The number of nitrogens with zero attached hydrogens (tertiary/aromatic N) is 5. The molecule has 0 aliphatic rings. The summed E-state index contributed by atoms with van der Waals surface area (Å²) in [5.74, 6) is 1.33. The van der Waals surface area contributed by atoms with Crippen molar-refractivity contribution in [2.75, 3.05) is 5.73 Å². The van der Waals surface area contributed by atoms with Gasteiger partial charge in [-0.2, -0.15) is 10.1 Å². The Labute approximate surface area is 67.6 Å². The molecule has 0 aliphatic heterocycles. The average molecular weight is 165 g/mol. The van der Waals surface area contributed by atoms with Gasteiger partial charge in [0.1, 0.15) is 6.33 Å². The maximum atomic E-state index is 5.32. The summed E-state index contributed by atoms with van der Waals surface area (Å²) in [5.41, 5.74) is 5.32. The van der Waals surface area contributed by atoms with Gasteiger partial charge in [-0.15, -0.1) is 5.10 Å². The molecule has 2 rings (SSSR count). The summed E-state index contributed by atoms with van der Waals surface area (Å²) in [7, 11) is 1.76. The molecule has 0 saturated heterocycles. The largest absolute Gasteiger partial charge is 0.366 e. The Bertz CT molecular complexity index is 386. The molecule has 0 radical (unpaired) electrons. The molecule has 0 saturated carbocycles. The van der Waals surface area contributed by atoms with E-state index in [4.69, 9.17) is 5.73 Å². The predicted octanol–water partition coefficient (Wildman–Crippen LogP) is -0.818. The van der Waals surface area contributed by atoms with Crippen LogP contribution in [0.3, 0.4) is 0 Å². The Kier molecular flexibility index (Phi) is 1.29. The number of hydrogen-bond acceptors (Lipinski definition) is 5. The summed E-state index contributed by atoms with van der Waals surface area (Å²) >= 11 is 0. The Hall–Kier alpha value is -1.92. The summed E-state index contributed by atoms with van der Waals surface area (Å²) in [6, 6.07) is 0. The SMILES string of the molecule is Cn1ncnc1-c1nc(N)n[nH]1. The maximum absolute atomic E-state index is 5.32. The van der Waals surface area contributed by atoms with Gasteiger partial charge in [-0.1, -0.05) is 0 Å². The number of nitrogens with two attached hydrogens (primary N) is 1. The van der Waals surface area contributed by atoms with Gasteiger partial charge in [-0.25, -0.2) is 9.67 Å². The molecule has 62 valence electrons. The van der Waals surface area contributed by atoms with Gasteiger partial charge in [0, 0.05) is 7.05 Å². The Morgan fingerprint density at radius 1 is 1.58 bits per heavy atom. The number of nitrogens with one attached hydrogen (secondary N) is 1. The zero-order valence-electron chi connectivity index (χ0n) is 6.39. The molecule has 0 atom stereocenters. The first-order valence-corrected chi connectivity index (χ1v) is 3.29. The molecule has 0 fully saturated rings. The fourth-order valence-corrected chi connectivity index (χ4v) is 0.885. The second-order valence-corrected chi connectivity index (χ2v) is 2.25. The van der Waals surface area contributed by atoms with E-state index >= 15 is 0 Å². The van der Waals surface area contributed by atoms with Gasteiger partial charge >= 0.3 is 0 Å². The van der Waals surface area contributed by atoms with E-state index < -0.39 is 0 Å². The minimum absolute atomic E-state index is 0.202. The fraction of sp³-hybridized carbons (Fsp3) is 0.200. The summed E-state index contributed by atoms with van der Waals surface area (Å²) in [5, 5.41) is 10.2. The van der Waals surface area contributed by atoms with Crippen molar-refractivity contribution in [3.63, 3.8) is 0 Å². The van der Waals surface area contributed by atoms with Gasteiger partial charge in [-0.05, 0) is 0 Å². The molecule has 2 aromatic rings. The molecule has 7 heteroatoms. The fourth-order valence-electron chi connectivity index (χ4n) is 0.885. The van der Waals surface area contributed by atoms with Crippen LogP contribution in [0.5, 0.6) is 0 Å².